The van der Waals surface area contributed by atoms with Crippen LogP contribution in [0.4, 0.5) is 10.1 Å². The summed E-state index contributed by atoms with van der Waals surface area (Å²) >= 11 is 0. The minimum atomic E-state index is -0.173. The van der Waals surface area contributed by atoms with Gasteiger partial charge < -0.3 is 20.4 Å². The number of anilines is 1. The normalized spacial score (nSPS) is 16.8. The summed E-state index contributed by atoms with van der Waals surface area (Å²) in [6, 6.07) is 8.00. The van der Waals surface area contributed by atoms with Crippen molar-refractivity contribution in [2.45, 2.75) is 45.2 Å². The highest BCUT2D eigenvalue weighted by Crippen LogP contribution is 2.17. The molecule has 1 saturated heterocycles. The fraction of sp³-hybridized carbons (Fsp3) is 0.650. The second-order valence-corrected chi connectivity index (χ2v) is 7.27. The lowest BCUT2D eigenvalue weighted by atomic mass is 10.0. The van der Waals surface area contributed by atoms with Gasteiger partial charge in [0.2, 0.25) is 0 Å². The Kier molecular flexibility index (Phi) is 8.16. The molecule has 2 N–H and O–H groups in total. The minimum Gasteiger partial charge on any atom is -0.372 e. The zero-order valence-electron chi connectivity index (χ0n) is 16.6. The van der Waals surface area contributed by atoms with Crippen molar-refractivity contribution in [2.75, 3.05) is 45.2 Å². The molecule has 1 aromatic carbocycles. The smallest absolute Gasteiger partial charge is 0.191 e. The van der Waals surface area contributed by atoms with Gasteiger partial charge in [-0.1, -0.05) is 12.1 Å². The van der Waals surface area contributed by atoms with E-state index in [1.54, 1.807) is 6.07 Å². The van der Waals surface area contributed by atoms with Gasteiger partial charge in [-0.05, 0) is 45.2 Å². The Balaban J connectivity index is 1.67. The van der Waals surface area contributed by atoms with E-state index in [-0.39, 0.29) is 5.82 Å². The topological polar surface area (TPSA) is 42.9 Å². The molecule has 0 saturated carbocycles. The molecule has 1 aromatic rings. The number of hydrogen-bond acceptors (Lipinski definition) is 3. The fourth-order valence-electron chi connectivity index (χ4n) is 3.35. The minimum absolute atomic E-state index is 0.173. The van der Waals surface area contributed by atoms with Gasteiger partial charge in [0.05, 0.1) is 5.69 Å². The monoisotopic (exact) mass is 363 g/mol. The Hall–Kier alpha value is -1.82. The summed E-state index contributed by atoms with van der Waals surface area (Å²) in [4.78, 5) is 8.81. The maximum absolute atomic E-state index is 13.8. The van der Waals surface area contributed by atoms with Crippen LogP contribution in [-0.4, -0.2) is 63.2 Å². The first kappa shape index (κ1) is 20.5. The lowest BCUT2D eigenvalue weighted by molar-refractivity contribution is 0.167. The molecule has 26 heavy (non-hydrogen) atoms. The molecule has 0 amide bonds. The molecule has 146 valence electrons. The quantitative estimate of drug-likeness (QED) is 0.444. The zero-order valence-corrected chi connectivity index (χ0v) is 16.6. The molecule has 1 fully saturated rings. The Morgan fingerprint density at radius 3 is 2.62 bits per heavy atom. The molecular weight excluding hydrogens is 329 g/mol. The van der Waals surface area contributed by atoms with E-state index in [1.165, 1.54) is 6.07 Å². The van der Waals surface area contributed by atoms with Gasteiger partial charge in [-0.3, -0.25) is 4.99 Å². The number of guanidine groups is 1. The van der Waals surface area contributed by atoms with Gasteiger partial charge in [0.25, 0.3) is 0 Å². The molecule has 5 nitrogen and oxygen atoms in total. The van der Waals surface area contributed by atoms with Crippen LogP contribution in [0.2, 0.25) is 0 Å². The molecular formula is C20H34FN5. The molecule has 1 aliphatic rings. The van der Waals surface area contributed by atoms with Crippen molar-refractivity contribution in [3.8, 4) is 0 Å². The lowest BCUT2D eigenvalue weighted by Gasteiger charge is -2.35. The molecule has 0 aromatic heterocycles. The van der Waals surface area contributed by atoms with Gasteiger partial charge in [0, 0.05) is 52.4 Å². The predicted molar refractivity (Wildman–Crippen MR) is 109 cm³/mol. The van der Waals surface area contributed by atoms with Crippen molar-refractivity contribution < 1.29 is 4.39 Å². The van der Waals surface area contributed by atoms with E-state index in [0.29, 0.717) is 17.8 Å². The van der Waals surface area contributed by atoms with Crippen LogP contribution in [0.1, 0.15) is 33.1 Å². The summed E-state index contributed by atoms with van der Waals surface area (Å²) in [5.74, 6) is 0.690. The van der Waals surface area contributed by atoms with E-state index >= 15 is 0 Å². The summed E-state index contributed by atoms with van der Waals surface area (Å²) in [5.41, 5.74) is 0.645. The Morgan fingerprint density at radius 2 is 2.00 bits per heavy atom. The molecule has 0 radical (unpaired) electrons. The Morgan fingerprint density at radius 1 is 1.31 bits per heavy atom. The first-order valence-electron chi connectivity index (χ1n) is 9.68. The number of nitrogens with zero attached hydrogens (tertiary/aromatic N) is 3. The molecule has 0 bridgehead atoms. The third-order valence-electron chi connectivity index (χ3n) is 5.05. The molecule has 6 heteroatoms. The molecule has 0 unspecified atom stereocenters. The molecule has 0 atom stereocenters. The molecule has 2 rings (SSSR count). The maximum Gasteiger partial charge on any atom is 0.191 e. The Labute approximate surface area is 157 Å². The van der Waals surface area contributed by atoms with Crippen LogP contribution in [0.15, 0.2) is 29.3 Å². The van der Waals surface area contributed by atoms with Crippen LogP contribution in [0, 0.1) is 5.82 Å². The van der Waals surface area contributed by atoms with Gasteiger partial charge in [-0.2, -0.15) is 0 Å². The number of nitrogens with one attached hydrogen (secondary N) is 2. The van der Waals surface area contributed by atoms with Crippen molar-refractivity contribution in [3.05, 3.63) is 30.1 Å². The summed E-state index contributed by atoms with van der Waals surface area (Å²) < 4.78 is 13.8. The highest BCUT2D eigenvalue weighted by molar-refractivity contribution is 5.79. The molecule has 1 aliphatic heterocycles. The van der Waals surface area contributed by atoms with Gasteiger partial charge in [0.1, 0.15) is 5.82 Å². The summed E-state index contributed by atoms with van der Waals surface area (Å²) in [5, 5.41) is 6.91. The molecule has 0 aliphatic carbocycles. The van der Waals surface area contributed by atoms with Crippen molar-refractivity contribution >= 4 is 11.6 Å². The van der Waals surface area contributed by atoms with Crippen LogP contribution in [0.25, 0.3) is 0 Å². The molecule has 0 spiro atoms. The number of likely N-dealkylation sites (tertiary alicyclic amines) is 1. The average Bonchev–Trinajstić information content (AvgIpc) is 2.64. The third kappa shape index (κ3) is 6.16. The summed E-state index contributed by atoms with van der Waals surface area (Å²) in [6.45, 7) is 8.39. The maximum atomic E-state index is 13.8. The van der Waals surface area contributed by atoms with Crippen LogP contribution >= 0.6 is 0 Å². The van der Waals surface area contributed by atoms with Gasteiger partial charge >= 0.3 is 0 Å². The van der Waals surface area contributed by atoms with E-state index in [9.17, 15) is 4.39 Å². The first-order valence-corrected chi connectivity index (χ1v) is 9.68. The standard InChI is InChI=1S/C20H34FN5/c1-16(2)26-14-10-17(11-15-26)24-20(22-3)23-12-7-13-25(4)19-9-6-5-8-18(19)21/h5-6,8-9,16-17H,7,10-15H2,1-4H3,(H2,22,23,24). The number of aliphatic imine (C=N–C) groups is 1. The van der Waals surface area contributed by atoms with Crippen LogP contribution in [0.3, 0.4) is 0 Å². The van der Waals surface area contributed by atoms with Gasteiger partial charge in [-0.15, -0.1) is 0 Å². The van der Waals surface area contributed by atoms with E-state index in [1.807, 2.05) is 31.1 Å². The largest absolute Gasteiger partial charge is 0.372 e. The van der Waals surface area contributed by atoms with Gasteiger partial charge in [-0.25, -0.2) is 4.39 Å². The van der Waals surface area contributed by atoms with E-state index < -0.39 is 0 Å². The number of benzene rings is 1. The Bertz CT molecular complexity index is 567. The first-order chi connectivity index (χ1) is 12.5. The number of rotatable bonds is 7. The van der Waals surface area contributed by atoms with Crippen LogP contribution < -0.4 is 15.5 Å². The van der Waals surface area contributed by atoms with E-state index in [0.717, 1.165) is 51.4 Å². The third-order valence-corrected chi connectivity index (χ3v) is 5.05. The predicted octanol–water partition coefficient (Wildman–Crippen LogP) is 2.69. The van der Waals surface area contributed by atoms with E-state index in [2.05, 4.69) is 34.4 Å². The number of piperidine rings is 1. The molecule has 1 heterocycles. The van der Waals surface area contributed by atoms with E-state index in [4.69, 9.17) is 0 Å². The van der Waals surface area contributed by atoms with Crippen molar-refractivity contribution in [1.82, 2.24) is 15.5 Å². The second kappa shape index (κ2) is 10.4. The van der Waals surface area contributed by atoms with Crippen LogP contribution in [0.5, 0.6) is 0 Å². The van der Waals surface area contributed by atoms with Crippen molar-refractivity contribution in [1.29, 1.82) is 0 Å². The van der Waals surface area contributed by atoms with Gasteiger partial charge in [0.15, 0.2) is 5.96 Å². The average molecular weight is 364 g/mol. The second-order valence-electron chi connectivity index (χ2n) is 7.27. The SMILES string of the molecule is CN=C(NCCCN(C)c1ccccc1F)NC1CCN(C(C)C)CC1. The highest BCUT2D eigenvalue weighted by Gasteiger charge is 2.21. The lowest BCUT2D eigenvalue weighted by Crippen LogP contribution is -2.50. The summed E-state index contributed by atoms with van der Waals surface area (Å²) in [6.07, 6.45) is 3.21. The number of hydrogen-bond donors (Lipinski definition) is 2. The number of para-hydroxylation sites is 1. The van der Waals surface area contributed by atoms with Crippen molar-refractivity contribution in [3.63, 3.8) is 0 Å². The van der Waals surface area contributed by atoms with Crippen LogP contribution in [-0.2, 0) is 0 Å². The highest BCUT2D eigenvalue weighted by atomic mass is 19.1. The summed E-state index contributed by atoms with van der Waals surface area (Å²) in [7, 11) is 3.73. The number of halogens is 1. The zero-order chi connectivity index (χ0) is 18.9. The fourth-order valence-corrected chi connectivity index (χ4v) is 3.35. The van der Waals surface area contributed by atoms with Crippen molar-refractivity contribution in [2.24, 2.45) is 4.99 Å².